The lowest BCUT2D eigenvalue weighted by Gasteiger charge is -2.33. The molecule has 104 valence electrons. The molecule has 0 fully saturated rings. The Bertz CT molecular complexity index is 482. The molecule has 1 aromatic carbocycles. The zero-order valence-electron chi connectivity index (χ0n) is 11.7. The first kappa shape index (κ1) is 13.9. The largest absolute Gasteiger partial charge is 0.508 e. The highest BCUT2D eigenvalue weighted by Gasteiger charge is 2.33. The van der Waals surface area contributed by atoms with E-state index < -0.39 is 5.54 Å². The van der Waals surface area contributed by atoms with Crippen LogP contribution in [0.3, 0.4) is 0 Å². The molecule has 4 nitrogen and oxygen atoms in total. The van der Waals surface area contributed by atoms with Gasteiger partial charge in [-0.05, 0) is 56.4 Å². The van der Waals surface area contributed by atoms with E-state index in [9.17, 15) is 9.90 Å². The second-order valence-electron chi connectivity index (χ2n) is 5.59. The van der Waals surface area contributed by atoms with Gasteiger partial charge in [-0.15, -0.1) is 0 Å². The van der Waals surface area contributed by atoms with E-state index in [2.05, 4.69) is 5.32 Å². The highest BCUT2D eigenvalue weighted by atomic mass is 16.5. The Kier molecular flexibility index (Phi) is 3.80. The van der Waals surface area contributed by atoms with Gasteiger partial charge in [-0.2, -0.15) is 0 Å². The topological polar surface area (TPSA) is 58.6 Å². The number of fused-ring (bicyclic) bond motifs is 1. The molecule has 0 saturated heterocycles. The Hall–Kier alpha value is -1.55. The highest BCUT2D eigenvalue weighted by Crippen LogP contribution is 2.33. The number of carbonyl (C=O) groups is 1. The van der Waals surface area contributed by atoms with Gasteiger partial charge in [0.25, 0.3) is 0 Å². The van der Waals surface area contributed by atoms with E-state index in [1.807, 2.05) is 19.9 Å². The minimum Gasteiger partial charge on any atom is -0.508 e. The quantitative estimate of drug-likeness (QED) is 0.822. The third-order valence-corrected chi connectivity index (χ3v) is 3.67. The van der Waals surface area contributed by atoms with Crippen molar-refractivity contribution in [3.05, 3.63) is 29.3 Å². The maximum atomic E-state index is 11.8. The fourth-order valence-electron chi connectivity index (χ4n) is 2.69. The first-order valence-corrected chi connectivity index (χ1v) is 6.62. The molecule has 1 aliphatic rings. The number of hydrogen-bond donors (Lipinski definition) is 2. The number of hydrogen-bond acceptors (Lipinski definition) is 4. The monoisotopic (exact) mass is 263 g/mol. The van der Waals surface area contributed by atoms with Gasteiger partial charge in [-0.3, -0.25) is 10.1 Å². The molecule has 2 N–H and O–H groups in total. The van der Waals surface area contributed by atoms with E-state index in [1.54, 1.807) is 12.1 Å². The van der Waals surface area contributed by atoms with Crippen molar-refractivity contribution in [1.82, 2.24) is 5.32 Å². The molecule has 0 radical (unpaired) electrons. The van der Waals surface area contributed by atoms with E-state index in [-0.39, 0.29) is 17.8 Å². The zero-order chi connectivity index (χ0) is 14.0. The highest BCUT2D eigenvalue weighted by molar-refractivity contribution is 5.79. The summed E-state index contributed by atoms with van der Waals surface area (Å²) in [6.07, 6.45) is 3.05. The SMILES string of the molecule is COC(=O)C(C)(C)NC1CCCc2ccc(O)cc21. The molecule has 4 heteroatoms. The van der Waals surface area contributed by atoms with Crippen LogP contribution in [0.4, 0.5) is 0 Å². The summed E-state index contributed by atoms with van der Waals surface area (Å²) < 4.78 is 4.82. The van der Waals surface area contributed by atoms with Crippen molar-refractivity contribution in [2.75, 3.05) is 7.11 Å². The predicted molar refractivity (Wildman–Crippen MR) is 73.0 cm³/mol. The first-order valence-electron chi connectivity index (χ1n) is 6.62. The van der Waals surface area contributed by atoms with Crippen LogP contribution in [0.15, 0.2) is 18.2 Å². The smallest absolute Gasteiger partial charge is 0.325 e. The molecule has 0 aliphatic heterocycles. The van der Waals surface area contributed by atoms with E-state index in [0.29, 0.717) is 0 Å². The summed E-state index contributed by atoms with van der Waals surface area (Å²) in [5, 5.41) is 13.0. The van der Waals surface area contributed by atoms with Gasteiger partial charge in [-0.25, -0.2) is 0 Å². The van der Waals surface area contributed by atoms with Gasteiger partial charge in [0, 0.05) is 6.04 Å². The summed E-state index contributed by atoms with van der Waals surface area (Å²) in [7, 11) is 1.40. The summed E-state index contributed by atoms with van der Waals surface area (Å²) in [6, 6.07) is 5.54. The molecule has 1 aromatic rings. The number of carbonyl (C=O) groups excluding carboxylic acids is 1. The minimum absolute atomic E-state index is 0.0740. The van der Waals surface area contributed by atoms with Crippen LogP contribution in [0, 0.1) is 0 Å². The Balaban J connectivity index is 2.24. The third kappa shape index (κ3) is 2.89. The molecule has 19 heavy (non-hydrogen) atoms. The molecule has 0 amide bonds. The average molecular weight is 263 g/mol. The van der Waals surface area contributed by atoms with E-state index in [0.717, 1.165) is 24.8 Å². The molecule has 0 aromatic heterocycles. The van der Waals surface area contributed by atoms with E-state index in [1.165, 1.54) is 12.7 Å². The van der Waals surface area contributed by atoms with Crippen molar-refractivity contribution in [3.63, 3.8) is 0 Å². The van der Waals surface area contributed by atoms with Crippen LogP contribution >= 0.6 is 0 Å². The summed E-state index contributed by atoms with van der Waals surface area (Å²) >= 11 is 0. The van der Waals surface area contributed by atoms with Gasteiger partial charge in [0.2, 0.25) is 0 Å². The average Bonchev–Trinajstić information content (AvgIpc) is 2.38. The molecule has 0 saturated carbocycles. The van der Waals surface area contributed by atoms with Crippen molar-refractivity contribution in [2.24, 2.45) is 0 Å². The van der Waals surface area contributed by atoms with Crippen molar-refractivity contribution >= 4 is 5.97 Å². The second-order valence-corrected chi connectivity index (χ2v) is 5.59. The van der Waals surface area contributed by atoms with Crippen LogP contribution in [0.5, 0.6) is 5.75 Å². The molecule has 0 bridgehead atoms. The van der Waals surface area contributed by atoms with Crippen LogP contribution in [0.25, 0.3) is 0 Å². The van der Waals surface area contributed by atoms with Gasteiger partial charge in [-0.1, -0.05) is 6.07 Å². The third-order valence-electron chi connectivity index (χ3n) is 3.67. The first-order chi connectivity index (χ1) is 8.94. The Labute approximate surface area is 113 Å². The number of methoxy groups -OCH3 is 1. The van der Waals surface area contributed by atoms with Crippen molar-refractivity contribution < 1.29 is 14.6 Å². The number of phenols is 1. The summed E-state index contributed by atoms with van der Waals surface area (Å²) in [5.74, 6) is -0.0110. The maximum Gasteiger partial charge on any atom is 0.325 e. The van der Waals surface area contributed by atoms with Gasteiger partial charge >= 0.3 is 5.97 Å². The second kappa shape index (κ2) is 5.21. The van der Waals surface area contributed by atoms with E-state index in [4.69, 9.17) is 4.74 Å². The number of aromatic hydroxyl groups is 1. The van der Waals surface area contributed by atoms with Gasteiger partial charge in [0.05, 0.1) is 7.11 Å². The number of esters is 1. The van der Waals surface area contributed by atoms with Crippen molar-refractivity contribution in [2.45, 2.75) is 44.7 Å². The van der Waals surface area contributed by atoms with Crippen LogP contribution in [0.1, 0.15) is 43.9 Å². The molecule has 1 atom stereocenters. The van der Waals surface area contributed by atoms with Crippen LogP contribution in [0.2, 0.25) is 0 Å². The summed E-state index contributed by atoms with van der Waals surface area (Å²) in [4.78, 5) is 11.8. The minimum atomic E-state index is -0.737. The lowest BCUT2D eigenvalue weighted by molar-refractivity contribution is -0.147. The Morgan fingerprint density at radius 3 is 2.89 bits per heavy atom. The molecule has 1 aliphatic carbocycles. The normalized spacial score (nSPS) is 18.8. The number of rotatable bonds is 3. The number of ether oxygens (including phenoxy) is 1. The number of benzene rings is 1. The molecule has 0 spiro atoms. The molecule has 2 rings (SSSR count). The lowest BCUT2D eigenvalue weighted by Crippen LogP contribution is -2.49. The van der Waals surface area contributed by atoms with Gasteiger partial charge < -0.3 is 9.84 Å². The van der Waals surface area contributed by atoms with Gasteiger partial charge in [0.1, 0.15) is 11.3 Å². The fourth-order valence-corrected chi connectivity index (χ4v) is 2.69. The van der Waals surface area contributed by atoms with Crippen LogP contribution in [-0.2, 0) is 16.0 Å². The van der Waals surface area contributed by atoms with Gasteiger partial charge in [0.15, 0.2) is 0 Å². The molecule has 1 unspecified atom stereocenters. The number of phenolic OH excluding ortho intramolecular Hbond substituents is 1. The Morgan fingerprint density at radius 1 is 1.47 bits per heavy atom. The molecular formula is C15H21NO3. The molecular weight excluding hydrogens is 242 g/mol. The van der Waals surface area contributed by atoms with Crippen LogP contribution < -0.4 is 5.32 Å². The molecule has 0 heterocycles. The maximum absolute atomic E-state index is 11.8. The fraction of sp³-hybridized carbons (Fsp3) is 0.533. The van der Waals surface area contributed by atoms with Crippen molar-refractivity contribution in [3.8, 4) is 5.75 Å². The summed E-state index contributed by atoms with van der Waals surface area (Å²) in [5.41, 5.74) is 1.59. The number of nitrogens with one attached hydrogen (secondary N) is 1. The van der Waals surface area contributed by atoms with Crippen molar-refractivity contribution in [1.29, 1.82) is 0 Å². The summed E-state index contributed by atoms with van der Waals surface area (Å²) in [6.45, 7) is 3.63. The lowest BCUT2D eigenvalue weighted by atomic mass is 9.86. The number of aryl methyl sites for hydroxylation is 1. The Morgan fingerprint density at radius 2 is 2.21 bits per heavy atom. The zero-order valence-corrected chi connectivity index (χ0v) is 11.7. The standard InChI is InChI=1S/C15H21NO3/c1-15(2,14(18)19-3)16-13-6-4-5-10-7-8-11(17)9-12(10)13/h7-9,13,16-17H,4-6H2,1-3H3. The van der Waals surface area contributed by atoms with Crippen LogP contribution in [-0.4, -0.2) is 23.7 Å². The van der Waals surface area contributed by atoms with E-state index >= 15 is 0 Å². The predicted octanol–water partition coefficient (Wildman–Crippen LogP) is 2.31.